The minimum Gasteiger partial charge on any atom is -0.387 e. The number of hydrogen-bond acceptors (Lipinski definition) is 5. The highest BCUT2D eigenvalue weighted by atomic mass is 31.2. The molecule has 0 aromatic carbocycles. The summed E-state index contributed by atoms with van der Waals surface area (Å²) in [5.74, 6) is -0.180. The van der Waals surface area contributed by atoms with Gasteiger partial charge in [-0.2, -0.15) is 0 Å². The lowest BCUT2D eigenvalue weighted by atomic mass is 10.0. The lowest BCUT2D eigenvalue weighted by molar-refractivity contribution is -0.870. The molecule has 0 spiro atoms. The molecule has 3 unspecified atom stereocenters. The van der Waals surface area contributed by atoms with E-state index in [4.69, 9.17) is 9.05 Å². The van der Waals surface area contributed by atoms with Crippen LogP contribution in [0.2, 0.25) is 0 Å². The summed E-state index contributed by atoms with van der Waals surface area (Å²) >= 11 is 0. The van der Waals surface area contributed by atoms with Crippen molar-refractivity contribution in [3.63, 3.8) is 0 Å². The molecule has 0 aromatic rings. The van der Waals surface area contributed by atoms with Gasteiger partial charge in [0.05, 0.1) is 39.9 Å². The van der Waals surface area contributed by atoms with E-state index in [9.17, 15) is 19.4 Å². The number of nitrogens with zero attached hydrogens (tertiary/aromatic N) is 1. The number of hydrogen-bond donors (Lipinski definition) is 3. The smallest absolute Gasteiger partial charge is 0.387 e. The van der Waals surface area contributed by atoms with Gasteiger partial charge in [-0.1, -0.05) is 295 Å². The summed E-state index contributed by atoms with van der Waals surface area (Å²) in [7, 11) is 1.57. The zero-order chi connectivity index (χ0) is 51.3. The molecule has 3 atom stereocenters. The van der Waals surface area contributed by atoms with Crippen molar-refractivity contribution in [1.82, 2.24) is 5.32 Å². The first-order valence-electron chi connectivity index (χ1n) is 30.7. The fourth-order valence-electron chi connectivity index (χ4n) is 9.36. The third-order valence-electron chi connectivity index (χ3n) is 14.2. The van der Waals surface area contributed by atoms with Crippen molar-refractivity contribution in [2.24, 2.45) is 0 Å². The van der Waals surface area contributed by atoms with Crippen molar-refractivity contribution in [2.45, 2.75) is 321 Å². The Hall–Kier alpha value is -1.02. The number of aliphatic hydroxyl groups is 1. The quantitative estimate of drug-likeness (QED) is 0.0243. The maximum atomic E-state index is 13.0. The monoisotopic (exact) mass is 1010 g/mol. The molecule has 9 heteroatoms. The Morgan fingerprint density at radius 3 is 1.14 bits per heavy atom. The highest BCUT2D eigenvalue weighted by molar-refractivity contribution is 7.47. The number of carbonyl (C=O) groups is 1. The molecule has 0 aliphatic rings. The van der Waals surface area contributed by atoms with E-state index in [1.54, 1.807) is 6.08 Å². The molecule has 8 nitrogen and oxygen atoms in total. The number of amides is 1. The van der Waals surface area contributed by atoms with E-state index in [2.05, 4.69) is 31.3 Å². The lowest BCUT2D eigenvalue weighted by Gasteiger charge is -2.25. The summed E-state index contributed by atoms with van der Waals surface area (Å²) in [6, 6.07) is -0.860. The van der Waals surface area contributed by atoms with Crippen LogP contribution in [0.4, 0.5) is 0 Å². The summed E-state index contributed by atoms with van der Waals surface area (Å²) in [6.07, 6.45) is 67.3. The Labute approximate surface area is 436 Å². The van der Waals surface area contributed by atoms with Gasteiger partial charge in [0, 0.05) is 6.42 Å². The fourth-order valence-corrected chi connectivity index (χ4v) is 10.1. The molecule has 0 saturated heterocycles. The van der Waals surface area contributed by atoms with Crippen LogP contribution in [0.25, 0.3) is 0 Å². The number of rotatable bonds is 57. The van der Waals surface area contributed by atoms with Gasteiger partial charge >= 0.3 is 7.82 Å². The molecule has 0 fully saturated rings. The van der Waals surface area contributed by atoms with Crippen molar-refractivity contribution >= 4 is 13.7 Å². The summed E-state index contributed by atoms with van der Waals surface area (Å²) in [4.78, 5) is 23.3. The van der Waals surface area contributed by atoms with E-state index in [0.717, 1.165) is 38.5 Å². The van der Waals surface area contributed by atoms with Gasteiger partial charge in [-0.05, 0) is 32.1 Å². The van der Waals surface area contributed by atoms with Crippen LogP contribution >= 0.6 is 7.82 Å². The number of quaternary nitrogens is 1. The van der Waals surface area contributed by atoms with Gasteiger partial charge in [0.2, 0.25) is 5.91 Å². The maximum Gasteiger partial charge on any atom is 0.472 e. The molecule has 416 valence electrons. The van der Waals surface area contributed by atoms with Gasteiger partial charge in [-0.15, -0.1) is 0 Å². The molecule has 0 saturated carbocycles. The zero-order valence-electron chi connectivity index (χ0n) is 47.5. The Morgan fingerprint density at radius 1 is 0.471 bits per heavy atom. The molecule has 0 bridgehead atoms. The minimum atomic E-state index is -4.35. The standard InChI is InChI=1S/C61H121N2O6P/c1-6-8-10-12-14-16-18-20-22-24-26-27-28-29-30-31-32-33-34-35-37-38-40-42-44-46-48-50-52-54-60(64)59(58-69-70(66,67)68-57-56-63(3,4)5)62-61(65)55-53-51-49-47-45-43-41-39-36-25-23-21-19-17-15-13-11-9-7-2/h44,46,52,54,59-60,64H,6-43,45,47-51,53,55-58H2,1-5H3,(H-,62,65,66,67)/p+1/b46-44+,54-52+. The first-order valence-corrected chi connectivity index (χ1v) is 32.2. The molecule has 0 rings (SSSR count). The van der Waals surface area contributed by atoms with Gasteiger partial charge in [0.25, 0.3) is 0 Å². The van der Waals surface area contributed by atoms with E-state index >= 15 is 0 Å². The summed E-state index contributed by atoms with van der Waals surface area (Å²) < 4.78 is 23.7. The average Bonchev–Trinajstić information content (AvgIpc) is 3.32. The number of aliphatic hydroxyl groups excluding tert-OH is 1. The number of unbranched alkanes of at least 4 members (excludes halogenated alkanes) is 42. The molecule has 70 heavy (non-hydrogen) atoms. The summed E-state index contributed by atoms with van der Waals surface area (Å²) in [5, 5.41) is 13.9. The summed E-state index contributed by atoms with van der Waals surface area (Å²) in [6.45, 7) is 4.85. The van der Waals surface area contributed by atoms with E-state index in [1.807, 2.05) is 27.2 Å². The number of phosphoric acid groups is 1. The molecule has 0 aliphatic heterocycles. The van der Waals surface area contributed by atoms with Crippen LogP contribution in [-0.4, -0.2) is 73.4 Å². The van der Waals surface area contributed by atoms with Crippen LogP contribution in [0.1, 0.15) is 309 Å². The van der Waals surface area contributed by atoms with Crippen LogP contribution < -0.4 is 5.32 Å². The Balaban J connectivity index is 4.16. The third-order valence-corrected chi connectivity index (χ3v) is 15.2. The molecule has 1 amide bonds. The molecular formula is C61H122N2O6P+. The van der Waals surface area contributed by atoms with Crippen molar-refractivity contribution in [1.29, 1.82) is 0 Å². The summed E-state index contributed by atoms with van der Waals surface area (Å²) in [5.41, 5.74) is 0. The number of phosphoric ester groups is 1. The van der Waals surface area contributed by atoms with E-state index in [0.29, 0.717) is 17.4 Å². The van der Waals surface area contributed by atoms with Gasteiger partial charge in [-0.25, -0.2) is 4.57 Å². The maximum absolute atomic E-state index is 13.0. The molecule has 3 N–H and O–H groups in total. The van der Waals surface area contributed by atoms with E-state index < -0.39 is 20.0 Å². The van der Waals surface area contributed by atoms with Crippen LogP contribution in [-0.2, 0) is 18.4 Å². The number of carbonyl (C=O) groups excluding carboxylic acids is 1. The fraction of sp³-hybridized carbons (Fsp3) is 0.918. The first-order chi connectivity index (χ1) is 34.0. The zero-order valence-corrected chi connectivity index (χ0v) is 48.4. The molecule has 0 aromatic heterocycles. The molecule has 0 heterocycles. The largest absolute Gasteiger partial charge is 0.472 e. The van der Waals surface area contributed by atoms with Crippen molar-refractivity contribution in [2.75, 3.05) is 40.9 Å². The van der Waals surface area contributed by atoms with Gasteiger partial charge in [-0.3, -0.25) is 13.8 Å². The van der Waals surface area contributed by atoms with Crippen molar-refractivity contribution in [3.05, 3.63) is 24.3 Å². The topological polar surface area (TPSA) is 105 Å². The number of allylic oxidation sites excluding steroid dienone is 3. The number of nitrogens with one attached hydrogen (secondary N) is 1. The predicted molar refractivity (Wildman–Crippen MR) is 305 cm³/mol. The van der Waals surface area contributed by atoms with E-state index in [-0.39, 0.29) is 19.1 Å². The van der Waals surface area contributed by atoms with Gasteiger partial charge < -0.3 is 19.8 Å². The molecular weight excluding hydrogens is 888 g/mol. The van der Waals surface area contributed by atoms with Crippen LogP contribution in [0.15, 0.2) is 24.3 Å². The minimum absolute atomic E-state index is 0.0589. The predicted octanol–water partition coefficient (Wildman–Crippen LogP) is 18.8. The van der Waals surface area contributed by atoms with Gasteiger partial charge in [0.1, 0.15) is 13.2 Å². The molecule has 0 radical (unpaired) electrons. The Kier molecular flexibility index (Phi) is 52.1. The molecule has 0 aliphatic carbocycles. The number of likely N-dealkylation sites (N-methyl/N-ethyl adjacent to an activating group) is 1. The van der Waals surface area contributed by atoms with E-state index in [1.165, 1.54) is 250 Å². The Bertz CT molecular complexity index is 1190. The highest BCUT2D eigenvalue weighted by Gasteiger charge is 2.27. The van der Waals surface area contributed by atoms with Crippen LogP contribution in [0.3, 0.4) is 0 Å². The van der Waals surface area contributed by atoms with Gasteiger partial charge in [0.15, 0.2) is 0 Å². The second-order valence-corrected chi connectivity index (χ2v) is 23.9. The second-order valence-electron chi connectivity index (χ2n) is 22.4. The Morgan fingerprint density at radius 2 is 0.786 bits per heavy atom. The van der Waals surface area contributed by atoms with Crippen LogP contribution in [0.5, 0.6) is 0 Å². The van der Waals surface area contributed by atoms with Crippen LogP contribution in [0, 0.1) is 0 Å². The lowest BCUT2D eigenvalue weighted by Crippen LogP contribution is -2.45. The first kappa shape index (κ1) is 69.0. The third kappa shape index (κ3) is 54.7. The SMILES string of the molecule is CCCCCCCCCCCCCCCCCCCCCCCCC/C=C/CC/C=C/C(O)C(COP(=O)(O)OCC[N+](C)(C)C)NC(=O)CCCCCCCCCCCCCCCCCCCCC. The second kappa shape index (κ2) is 52.8. The normalized spacial score (nSPS) is 14.0. The van der Waals surface area contributed by atoms with Crippen molar-refractivity contribution in [3.8, 4) is 0 Å². The average molecular weight is 1010 g/mol. The highest BCUT2D eigenvalue weighted by Crippen LogP contribution is 2.43. The van der Waals surface area contributed by atoms with Crippen molar-refractivity contribution < 1.29 is 32.9 Å².